The van der Waals surface area contributed by atoms with E-state index in [-0.39, 0.29) is 0 Å². The maximum absolute atomic E-state index is 2.53. The molecule has 0 spiro atoms. The predicted octanol–water partition coefficient (Wildman–Crippen LogP) is 38.2. The van der Waals surface area contributed by atoms with Gasteiger partial charge in [-0.3, -0.25) is 0 Å². The van der Waals surface area contributed by atoms with Crippen molar-refractivity contribution in [2.45, 2.75) is 561 Å². The maximum Gasteiger partial charge on any atom is -0.0292 e. The van der Waals surface area contributed by atoms with Gasteiger partial charge < -0.3 is 0 Å². The Balaban J connectivity index is -0.000000162. The van der Waals surface area contributed by atoms with E-state index >= 15 is 0 Å². The highest BCUT2D eigenvalue weighted by Gasteiger charge is 2.41. The Morgan fingerprint density at radius 1 is 0.112 bits per heavy atom. The lowest BCUT2D eigenvalue weighted by molar-refractivity contribution is 0.0579. The smallest absolute Gasteiger partial charge is 0.0292 e. The third-order valence-corrected chi connectivity index (χ3v) is 31.7. The Kier molecular flexibility index (Phi) is 67.5. The van der Waals surface area contributed by atoms with Crippen LogP contribution in [0.2, 0.25) is 0 Å². The Bertz CT molecular complexity index is 1520. The fourth-order valence-electron chi connectivity index (χ4n) is 16.4. The molecule has 0 unspecified atom stereocenters. The zero-order valence-electron chi connectivity index (χ0n) is 79.3. The second-order valence-corrected chi connectivity index (χ2v) is 37.4. The van der Waals surface area contributed by atoms with Crippen LogP contribution in [0.4, 0.5) is 0 Å². The maximum atomic E-state index is 2.53. The van der Waals surface area contributed by atoms with E-state index in [9.17, 15) is 0 Å². The molecule has 0 bridgehead atoms. The normalized spacial score (nSPS) is 13.1. The van der Waals surface area contributed by atoms with Gasteiger partial charge in [0.25, 0.3) is 0 Å². The average Bonchev–Trinajstić information content (AvgIpc) is 0.830. The van der Waals surface area contributed by atoms with Gasteiger partial charge in [0.15, 0.2) is 0 Å². The van der Waals surface area contributed by atoms with Gasteiger partial charge in [-0.05, 0) is 121 Å². The molecule has 0 heteroatoms. The molecule has 0 nitrogen and oxygen atoms in total. The minimum Gasteiger partial charge on any atom is -0.0656 e. The summed E-state index contributed by atoms with van der Waals surface area (Å²) < 4.78 is 0. The quantitative estimate of drug-likeness (QED) is 0.0570. The summed E-state index contributed by atoms with van der Waals surface area (Å²) in [5.41, 5.74) is 8.01. The molecule has 0 aliphatic heterocycles. The van der Waals surface area contributed by atoms with Crippen LogP contribution in [0.1, 0.15) is 561 Å². The molecule has 0 saturated carbocycles. The summed E-state index contributed by atoms with van der Waals surface area (Å²) in [4.78, 5) is 0. The van der Waals surface area contributed by atoms with Crippen molar-refractivity contribution in [3.05, 3.63) is 0 Å². The van der Waals surface area contributed by atoms with E-state index in [0.717, 1.165) is 0 Å². The molecule has 0 fully saturated rings. The first-order chi connectivity index (χ1) is 45.3. The lowest BCUT2D eigenvalue weighted by Gasteiger charge is -2.45. The molecule has 0 heterocycles. The standard InChI is InChI=1S/C19H40.C18H38.C15H32.C14H30.C13H28.C9H20.C7H16.C3H8/c1-9-17(7,10-2)15-19(13-5,14-6)16-18(8,11-3)12-4;1-9-16(6,10-2)14-18(8,13-5)15-17(7,11-3)12-4;1-7-14(8-2,9-3)13-15(10-4,11-5)12-6;1-7-13(6,8-2)12-14(9-3,10-4)11-5;1-7-12(5,8-2)11-13(6,9-3)10-4;1-5-9(6-2,7-3)8-4;1-5-7(3,4)6-2;1-3-2/h9-16H2,1-8H3;9-15H2,1-8H3;7-13H2,1-6H3;7-12H2,1-6H3;7-11H2,1-6H3;5-8H2,1-4H3;5-6H2,1-4H3;3H2,1-2H3. The highest BCUT2D eigenvalue weighted by Crippen LogP contribution is 2.53. The SMILES string of the molecule is CCC.CCC(C)(C)CC.CCC(C)(CC)CC(C)(CC)CC.CCC(C)(CC)CC(C)(CC)CC(C)(CC)CC.CCC(C)(CC)CC(CC)(CC)CC.CCC(C)(CC)CC(CC)(CC)CC(C)(CC)CC.CCC(CC)(CC)CC.CCC(CC)(CC)CC(CC)(CC)CC. The van der Waals surface area contributed by atoms with Gasteiger partial charge in [0.1, 0.15) is 0 Å². The minimum absolute atomic E-state index is 0.515. The number of hydrogen-bond donors (Lipinski definition) is 0. The second-order valence-electron chi connectivity index (χ2n) is 37.4. The summed E-state index contributed by atoms with van der Waals surface area (Å²) in [5.74, 6) is 0. The molecule has 0 aromatic rings. The van der Waals surface area contributed by atoms with Crippen LogP contribution in [0.25, 0.3) is 0 Å². The molecule has 0 rings (SSSR count). The van der Waals surface area contributed by atoms with Crippen molar-refractivity contribution in [2.75, 3.05) is 0 Å². The zero-order chi connectivity index (χ0) is 79.3. The van der Waals surface area contributed by atoms with Crippen LogP contribution in [0.3, 0.4) is 0 Å². The first kappa shape index (κ1) is 114. The highest BCUT2D eigenvalue weighted by atomic mass is 14.5. The van der Waals surface area contributed by atoms with Crippen molar-refractivity contribution in [3.63, 3.8) is 0 Å². The molecule has 0 saturated heterocycles. The Hall–Kier alpha value is 0. The minimum atomic E-state index is 0.515. The molecule has 0 aliphatic rings. The molecule has 0 aliphatic carbocycles. The fourth-order valence-corrected chi connectivity index (χ4v) is 16.4. The van der Waals surface area contributed by atoms with Crippen LogP contribution in [-0.4, -0.2) is 0 Å². The average molecular weight is 1390 g/mol. The van der Waals surface area contributed by atoms with E-state index in [2.05, 4.69) is 305 Å². The van der Waals surface area contributed by atoms with Crippen LogP contribution in [-0.2, 0) is 0 Å². The summed E-state index contributed by atoms with van der Waals surface area (Å²) in [6.45, 7) is 104. The van der Waals surface area contributed by atoms with Crippen LogP contribution >= 0.6 is 0 Å². The lowest BCUT2D eigenvalue weighted by Crippen LogP contribution is -2.34. The molecule has 604 valence electrons. The van der Waals surface area contributed by atoms with Crippen molar-refractivity contribution >= 4 is 0 Å². The topological polar surface area (TPSA) is 0 Å². The summed E-state index contributed by atoms with van der Waals surface area (Å²) >= 11 is 0. The molecule has 0 radical (unpaired) electrons. The summed E-state index contributed by atoms with van der Waals surface area (Å²) in [5, 5.41) is 0. The Labute approximate surface area is 633 Å². The molecule has 0 amide bonds. The van der Waals surface area contributed by atoms with Gasteiger partial charge >= 0.3 is 0 Å². The highest BCUT2D eigenvalue weighted by molar-refractivity contribution is 4.92. The molecule has 0 aromatic heterocycles. The van der Waals surface area contributed by atoms with Gasteiger partial charge in [-0.25, -0.2) is 0 Å². The van der Waals surface area contributed by atoms with Crippen molar-refractivity contribution in [1.82, 2.24) is 0 Å². The van der Waals surface area contributed by atoms with Crippen LogP contribution in [0, 0.1) is 75.8 Å². The third kappa shape index (κ3) is 45.5. The van der Waals surface area contributed by atoms with Crippen LogP contribution < -0.4 is 0 Å². The van der Waals surface area contributed by atoms with E-state index in [1.807, 2.05) is 0 Å². The van der Waals surface area contributed by atoms with Crippen LogP contribution in [0.15, 0.2) is 0 Å². The van der Waals surface area contributed by atoms with E-state index in [1.165, 1.54) is 257 Å². The van der Waals surface area contributed by atoms with E-state index in [1.54, 1.807) is 0 Å². The van der Waals surface area contributed by atoms with Crippen molar-refractivity contribution in [1.29, 1.82) is 0 Å². The molecule has 98 heavy (non-hydrogen) atoms. The summed E-state index contributed by atoms with van der Waals surface area (Å²) in [6.07, 6.45) is 53.6. The van der Waals surface area contributed by atoms with Gasteiger partial charge in [0.05, 0.1) is 0 Å². The van der Waals surface area contributed by atoms with Crippen molar-refractivity contribution in [3.8, 4) is 0 Å². The van der Waals surface area contributed by atoms with Gasteiger partial charge in [-0.15, -0.1) is 0 Å². The summed E-state index contributed by atoms with van der Waals surface area (Å²) in [6, 6.07) is 0. The third-order valence-electron chi connectivity index (χ3n) is 31.7. The molecular weight excluding hydrogens is 1180 g/mol. The number of hydrogen-bond acceptors (Lipinski definition) is 0. The van der Waals surface area contributed by atoms with E-state index < -0.39 is 0 Å². The predicted molar refractivity (Wildman–Crippen MR) is 468 cm³/mol. The van der Waals surface area contributed by atoms with Gasteiger partial charge in [-0.2, -0.15) is 0 Å². The van der Waals surface area contributed by atoms with E-state index in [4.69, 9.17) is 0 Å². The zero-order valence-corrected chi connectivity index (χ0v) is 79.3. The van der Waals surface area contributed by atoms with Crippen molar-refractivity contribution < 1.29 is 0 Å². The van der Waals surface area contributed by atoms with Gasteiger partial charge in [0.2, 0.25) is 0 Å². The van der Waals surface area contributed by atoms with Gasteiger partial charge in [0, 0.05) is 0 Å². The largest absolute Gasteiger partial charge is 0.0656 e. The Morgan fingerprint density at radius 3 is 0.347 bits per heavy atom. The monoisotopic (exact) mass is 1390 g/mol. The summed E-state index contributed by atoms with van der Waals surface area (Å²) in [7, 11) is 0. The molecule has 0 aromatic carbocycles. The first-order valence-corrected chi connectivity index (χ1v) is 45.3. The molecule has 0 atom stereocenters. The number of rotatable bonds is 46. The van der Waals surface area contributed by atoms with E-state index in [0.29, 0.717) is 75.8 Å². The fraction of sp³-hybridized carbons (Fsp3) is 1.00. The Morgan fingerprint density at radius 2 is 0.235 bits per heavy atom. The second kappa shape index (κ2) is 58.1. The molecular formula is C98H212. The lowest BCUT2D eigenvalue weighted by atomic mass is 9.60. The van der Waals surface area contributed by atoms with Gasteiger partial charge in [-0.1, -0.05) is 517 Å². The van der Waals surface area contributed by atoms with Crippen LogP contribution in [0.5, 0.6) is 0 Å². The first-order valence-electron chi connectivity index (χ1n) is 45.3. The molecule has 0 N–H and O–H groups in total. The van der Waals surface area contributed by atoms with Crippen molar-refractivity contribution in [2.24, 2.45) is 75.8 Å².